The maximum absolute atomic E-state index is 12.4. The van der Waals surface area contributed by atoms with Crippen molar-refractivity contribution < 1.29 is 4.39 Å². The Bertz CT molecular complexity index is 132. The summed E-state index contributed by atoms with van der Waals surface area (Å²) in [5.41, 5.74) is 0. The Morgan fingerprint density at radius 1 is 0.647 bits per heavy atom. The standard InChI is InChI=1S/C7H13F.C7H14.C2H6/c1-6-2-4-7(8)5-3-6;1-7-5-3-2-4-6-7;1-2/h6-7H,2-5H2,1H3;7H,2-6H2,1H3;1-2H3. The lowest BCUT2D eigenvalue weighted by Crippen LogP contribution is -2.11. The summed E-state index contributed by atoms with van der Waals surface area (Å²) in [6.07, 6.45) is 10.8. The molecule has 0 aliphatic heterocycles. The number of hydrogen-bond acceptors (Lipinski definition) is 0. The second-order valence-corrected chi connectivity index (χ2v) is 5.60. The third-order valence-corrected chi connectivity index (χ3v) is 3.84. The van der Waals surface area contributed by atoms with E-state index in [1.54, 1.807) is 0 Å². The fourth-order valence-electron chi connectivity index (χ4n) is 2.53. The van der Waals surface area contributed by atoms with E-state index in [0.717, 1.165) is 37.5 Å². The number of hydrogen-bond donors (Lipinski definition) is 0. The van der Waals surface area contributed by atoms with Crippen molar-refractivity contribution in [3.05, 3.63) is 0 Å². The molecule has 2 saturated carbocycles. The maximum atomic E-state index is 12.4. The molecular weight excluding hydrogens is 211 g/mol. The molecule has 0 bridgehead atoms. The average Bonchev–Trinajstić information content (AvgIpc) is 2.37. The van der Waals surface area contributed by atoms with Gasteiger partial charge in [0.05, 0.1) is 0 Å². The molecule has 0 aromatic rings. The van der Waals surface area contributed by atoms with Crippen LogP contribution in [0.5, 0.6) is 0 Å². The Morgan fingerprint density at radius 2 is 1.06 bits per heavy atom. The van der Waals surface area contributed by atoms with Gasteiger partial charge in [-0.1, -0.05) is 59.8 Å². The summed E-state index contributed by atoms with van der Waals surface area (Å²) >= 11 is 0. The van der Waals surface area contributed by atoms with Gasteiger partial charge in [-0.15, -0.1) is 0 Å². The fraction of sp³-hybridized carbons (Fsp3) is 1.00. The first-order valence-corrected chi connectivity index (χ1v) is 7.82. The summed E-state index contributed by atoms with van der Waals surface area (Å²) in [4.78, 5) is 0. The van der Waals surface area contributed by atoms with Crippen LogP contribution in [-0.2, 0) is 0 Å². The molecule has 17 heavy (non-hydrogen) atoms. The van der Waals surface area contributed by atoms with Gasteiger partial charge in [0.25, 0.3) is 0 Å². The summed E-state index contributed by atoms with van der Waals surface area (Å²) < 4.78 is 12.4. The molecule has 0 heterocycles. The maximum Gasteiger partial charge on any atom is 0.100 e. The van der Waals surface area contributed by atoms with Gasteiger partial charge < -0.3 is 0 Å². The van der Waals surface area contributed by atoms with Crippen molar-refractivity contribution in [2.45, 2.75) is 91.7 Å². The first-order valence-electron chi connectivity index (χ1n) is 7.82. The highest BCUT2D eigenvalue weighted by atomic mass is 19.1. The lowest BCUT2D eigenvalue weighted by atomic mass is 9.90. The Kier molecular flexibility index (Phi) is 11.0. The molecule has 0 aromatic heterocycles. The van der Waals surface area contributed by atoms with E-state index < -0.39 is 6.17 Å². The van der Waals surface area contributed by atoms with Gasteiger partial charge in [-0.3, -0.25) is 0 Å². The van der Waals surface area contributed by atoms with E-state index in [2.05, 4.69) is 13.8 Å². The predicted octanol–water partition coefficient (Wildman–Crippen LogP) is 6.15. The van der Waals surface area contributed by atoms with Crippen molar-refractivity contribution >= 4 is 0 Å². The zero-order valence-electron chi connectivity index (χ0n) is 12.5. The highest BCUT2D eigenvalue weighted by Crippen LogP contribution is 2.25. The summed E-state index contributed by atoms with van der Waals surface area (Å²) in [6.45, 7) is 8.56. The molecule has 0 N–H and O–H groups in total. The minimum atomic E-state index is -0.480. The second-order valence-electron chi connectivity index (χ2n) is 5.60. The monoisotopic (exact) mass is 244 g/mol. The zero-order chi connectivity index (χ0) is 13.1. The Morgan fingerprint density at radius 3 is 1.35 bits per heavy atom. The molecule has 0 radical (unpaired) electrons. The van der Waals surface area contributed by atoms with Crippen molar-refractivity contribution in [1.82, 2.24) is 0 Å². The molecule has 0 atom stereocenters. The van der Waals surface area contributed by atoms with E-state index in [9.17, 15) is 4.39 Å². The molecular formula is C16H33F. The molecule has 0 spiro atoms. The first kappa shape index (κ1) is 16.9. The molecule has 0 unspecified atom stereocenters. The van der Waals surface area contributed by atoms with Gasteiger partial charge in [-0.05, 0) is 37.5 Å². The van der Waals surface area contributed by atoms with E-state index in [4.69, 9.17) is 0 Å². The summed E-state index contributed by atoms with van der Waals surface area (Å²) in [5, 5.41) is 0. The van der Waals surface area contributed by atoms with E-state index in [0.29, 0.717) is 0 Å². The Hall–Kier alpha value is -0.0700. The fourth-order valence-corrected chi connectivity index (χ4v) is 2.53. The van der Waals surface area contributed by atoms with Gasteiger partial charge in [-0.25, -0.2) is 4.39 Å². The van der Waals surface area contributed by atoms with Crippen LogP contribution in [0.25, 0.3) is 0 Å². The average molecular weight is 244 g/mol. The summed E-state index contributed by atoms with van der Waals surface area (Å²) in [7, 11) is 0. The molecule has 0 nitrogen and oxygen atoms in total. The SMILES string of the molecule is CC.CC1CCC(F)CC1.CC1CCCCC1. The lowest BCUT2D eigenvalue weighted by molar-refractivity contribution is 0.215. The van der Waals surface area contributed by atoms with Crippen LogP contribution in [0.3, 0.4) is 0 Å². The van der Waals surface area contributed by atoms with Crippen LogP contribution in [0.2, 0.25) is 0 Å². The Balaban J connectivity index is 0.000000265. The van der Waals surface area contributed by atoms with Gasteiger partial charge in [0.1, 0.15) is 6.17 Å². The molecule has 2 rings (SSSR count). The third-order valence-electron chi connectivity index (χ3n) is 3.84. The van der Waals surface area contributed by atoms with Crippen LogP contribution in [0.1, 0.15) is 85.5 Å². The van der Waals surface area contributed by atoms with Crippen LogP contribution in [0.15, 0.2) is 0 Å². The summed E-state index contributed by atoms with van der Waals surface area (Å²) in [6, 6.07) is 0. The molecule has 104 valence electrons. The zero-order valence-corrected chi connectivity index (χ0v) is 12.5. The van der Waals surface area contributed by atoms with Crippen molar-refractivity contribution in [2.24, 2.45) is 11.8 Å². The number of rotatable bonds is 0. The normalized spacial score (nSPS) is 29.5. The largest absolute Gasteiger partial charge is 0.247 e. The van der Waals surface area contributed by atoms with Gasteiger partial charge in [0.2, 0.25) is 0 Å². The quantitative estimate of drug-likeness (QED) is 0.479. The van der Waals surface area contributed by atoms with Crippen molar-refractivity contribution in [1.29, 1.82) is 0 Å². The van der Waals surface area contributed by atoms with Crippen LogP contribution in [0, 0.1) is 11.8 Å². The number of alkyl halides is 1. The Labute approximate surface area is 108 Å². The third kappa shape index (κ3) is 9.62. The van der Waals surface area contributed by atoms with E-state index in [-0.39, 0.29) is 0 Å². The molecule has 2 fully saturated rings. The van der Waals surface area contributed by atoms with E-state index in [1.807, 2.05) is 13.8 Å². The van der Waals surface area contributed by atoms with Gasteiger partial charge >= 0.3 is 0 Å². The topological polar surface area (TPSA) is 0 Å². The molecule has 0 aromatic carbocycles. The van der Waals surface area contributed by atoms with E-state index >= 15 is 0 Å². The van der Waals surface area contributed by atoms with E-state index in [1.165, 1.54) is 32.1 Å². The van der Waals surface area contributed by atoms with Gasteiger partial charge in [0, 0.05) is 0 Å². The summed E-state index contributed by atoms with van der Waals surface area (Å²) in [5.74, 6) is 1.82. The molecule has 2 aliphatic carbocycles. The molecule has 2 aliphatic rings. The predicted molar refractivity (Wildman–Crippen MR) is 76.1 cm³/mol. The highest BCUT2D eigenvalue weighted by molar-refractivity contribution is 4.67. The highest BCUT2D eigenvalue weighted by Gasteiger charge is 2.16. The van der Waals surface area contributed by atoms with Crippen molar-refractivity contribution in [3.63, 3.8) is 0 Å². The number of halogens is 1. The minimum Gasteiger partial charge on any atom is -0.247 e. The van der Waals surface area contributed by atoms with Crippen LogP contribution >= 0.6 is 0 Å². The van der Waals surface area contributed by atoms with Gasteiger partial charge in [-0.2, -0.15) is 0 Å². The smallest absolute Gasteiger partial charge is 0.100 e. The van der Waals surface area contributed by atoms with Crippen LogP contribution in [0.4, 0.5) is 4.39 Å². The van der Waals surface area contributed by atoms with Gasteiger partial charge in [0.15, 0.2) is 0 Å². The minimum absolute atomic E-state index is 0.480. The first-order chi connectivity index (χ1) is 8.18. The van der Waals surface area contributed by atoms with Crippen LogP contribution in [-0.4, -0.2) is 6.17 Å². The van der Waals surface area contributed by atoms with Crippen molar-refractivity contribution in [3.8, 4) is 0 Å². The lowest BCUT2D eigenvalue weighted by Gasteiger charge is -2.19. The second kappa shape index (κ2) is 11.0. The van der Waals surface area contributed by atoms with Crippen molar-refractivity contribution in [2.75, 3.05) is 0 Å². The van der Waals surface area contributed by atoms with Crippen LogP contribution < -0.4 is 0 Å². The molecule has 0 amide bonds. The molecule has 1 heteroatoms. The molecule has 0 saturated heterocycles.